The van der Waals surface area contributed by atoms with Gasteiger partial charge in [0.05, 0.1) is 0 Å². The topological polar surface area (TPSA) is 53.2 Å². The van der Waals surface area contributed by atoms with E-state index in [-0.39, 0.29) is 23.1 Å². The number of pyridine rings is 1. The van der Waals surface area contributed by atoms with E-state index in [1.165, 1.54) is 12.3 Å². The van der Waals surface area contributed by atoms with Crippen LogP contribution >= 0.6 is 11.6 Å². The first-order valence-corrected chi connectivity index (χ1v) is 7.10. The highest BCUT2D eigenvalue weighted by molar-refractivity contribution is 6.31. The fourth-order valence-corrected chi connectivity index (χ4v) is 2.24. The number of nitrogens with one attached hydrogen (secondary N) is 1. The molecule has 0 aliphatic carbocycles. The number of rotatable bonds is 4. The monoisotopic (exact) mass is 304 g/mol. The van der Waals surface area contributed by atoms with Crippen LogP contribution in [0.3, 0.4) is 0 Å². The molecular weight excluding hydrogens is 288 g/mol. The quantitative estimate of drug-likeness (QED) is 0.943. The van der Waals surface area contributed by atoms with Crippen LogP contribution in [0.25, 0.3) is 0 Å². The van der Waals surface area contributed by atoms with Gasteiger partial charge in [0.25, 0.3) is 11.5 Å². The number of H-pyrrole nitrogens is 1. The SMILES string of the molecule is CC(C)N(Cc1ccccc1Cl)C(=O)c1ccc[nH]c1=O. The van der Waals surface area contributed by atoms with Crippen molar-refractivity contribution in [1.82, 2.24) is 9.88 Å². The molecule has 2 rings (SSSR count). The van der Waals surface area contributed by atoms with E-state index in [9.17, 15) is 9.59 Å². The number of benzene rings is 1. The van der Waals surface area contributed by atoms with Gasteiger partial charge in [-0.05, 0) is 37.6 Å². The van der Waals surface area contributed by atoms with Gasteiger partial charge in [0.15, 0.2) is 0 Å². The van der Waals surface area contributed by atoms with E-state index in [0.717, 1.165) is 5.56 Å². The molecular formula is C16H17ClN2O2. The summed E-state index contributed by atoms with van der Waals surface area (Å²) in [6, 6.07) is 10.5. The zero-order valence-electron chi connectivity index (χ0n) is 12.0. The minimum absolute atomic E-state index is 0.0478. The van der Waals surface area contributed by atoms with Gasteiger partial charge in [-0.15, -0.1) is 0 Å². The fraction of sp³-hybridized carbons (Fsp3) is 0.250. The molecule has 0 saturated heterocycles. The van der Waals surface area contributed by atoms with E-state index in [1.54, 1.807) is 17.0 Å². The second-order valence-electron chi connectivity index (χ2n) is 5.03. The average Bonchev–Trinajstić information content (AvgIpc) is 2.46. The van der Waals surface area contributed by atoms with Crippen molar-refractivity contribution in [2.75, 3.05) is 0 Å². The number of aromatic nitrogens is 1. The van der Waals surface area contributed by atoms with E-state index < -0.39 is 0 Å². The third-order valence-corrected chi connectivity index (χ3v) is 3.60. The fourth-order valence-electron chi connectivity index (χ4n) is 2.04. The molecule has 21 heavy (non-hydrogen) atoms. The van der Waals surface area contributed by atoms with Crippen LogP contribution in [0.1, 0.15) is 29.8 Å². The van der Waals surface area contributed by atoms with Crippen molar-refractivity contribution in [3.63, 3.8) is 0 Å². The van der Waals surface area contributed by atoms with Gasteiger partial charge in [-0.1, -0.05) is 29.8 Å². The van der Waals surface area contributed by atoms with Crippen molar-refractivity contribution in [1.29, 1.82) is 0 Å². The molecule has 0 aliphatic rings. The lowest BCUT2D eigenvalue weighted by Gasteiger charge is -2.27. The number of nitrogens with zero attached hydrogens (tertiary/aromatic N) is 1. The van der Waals surface area contributed by atoms with Gasteiger partial charge in [-0.2, -0.15) is 0 Å². The second kappa shape index (κ2) is 6.59. The zero-order chi connectivity index (χ0) is 15.4. The summed E-state index contributed by atoms with van der Waals surface area (Å²) in [4.78, 5) is 28.5. The third-order valence-electron chi connectivity index (χ3n) is 3.23. The first kappa shape index (κ1) is 15.3. The van der Waals surface area contributed by atoms with E-state index in [4.69, 9.17) is 11.6 Å². The molecule has 0 radical (unpaired) electrons. The highest BCUT2D eigenvalue weighted by Gasteiger charge is 2.21. The Bertz CT molecular complexity index is 694. The summed E-state index contributed by atoms with van der Waals surface area (Å²) >= 11 is 6.15. The number of hydrogen-bond donors (Lipinski definition) is 1. The number of halogens is 1. The summed E-state index contributed by atoms with van der Waals surface area (Å²) < 4.78 is 0. The molecule has 0 bridgehead atoms. The molecule has 0 aliphatic heterocycles. The largest absolute Gasteiger partial charge is 0.332 e. The van der Waals surface area contributed by atoms with Crippen molar-refractivity contribution < 1.29 is 4.79 Å². The minimum Gasteiger partial charge on any atom is -0.332 e. The molecule has 0 unspecified atom stereocenters. The Balaban J connectivity index is 2.32. The van der Waals surface area contributed by atoms with Crippen LogP contribution in [0.4, 0.5) is 0 Å². The second-order valence-corrected chi connectivity index (χ2v) is 5.44. The molecule has 1 heterocycles. The van der Waals surface area contributed by atoms with Crippen molar-refractivity contribution in [2.24, 2.45) is 0 Å². The van der Waals surface area contributed by atoms with Gasteiger partial charge >= 0.3 is 0 Å². The van der Waals surface area contributed by atoms with E-state index in [2.05, 4.69) is 4.98 Å². The van der Waals surface area contributed by atoms with Crippen LogP contribution in [0, 0.1) is 0 Å². The van der Waals surface area contributed by atoms with Crippen molar-refractivity contribution in [2.45, 2.75) is 26.4 Å². The van der Waals surface area contributed by atoms with Crippen molar-refractivity contribution >= 4 is 17.5 Å². The van der Waals surface area contributed by atoms with Gasteiger partial charge < -0.3 is 9.88 Å². The lowest BCUT2D eigenvalue weighted by atomic mass is 10.1. The molecule has 1 amide bonds. The number of aromatic amines is 1. The van der Waals surface area contributed by atoms with Gasteiger partial charge in [0, 0.05) is 23.8 Å². The maximum absolute atomic E-state index is 12.6. The van der Waals surface area contributed by atoms with Gasteiger partial charge in [-0.3, -0.25) is 9.59 Å². The highest BCUT2D eigenvalue weighted by Crippen LogP contribution is 2.19. The van der Waals surface area contributed by atoms with Crippen LogP contribution in [0.5, 0.6) is 0 Å². The lowest BCUT2D eigenvalue weighted by Crippen LogP contribution is -2.39. The van der Waals surface area contributed by atoms with Crippen molar-refractivity contribution in [3.8, 4) is 0 Å². The summed E-state index contributed by atoms with van der Waals surface area (Å²) in [5, 5.41) is 0.609. The van der Waals surface area contributed by atoms with E-state index in [1.807, 2.05) is 32.0 Å². The Kier molecular flexibility index (Phi) is 4.81. The minimum atomic E-state index is -0.382. The van der Waals surface area contributed by atoms with Crippen molar-refractivity contribution in [3.05, 3.63) is 69.1 Å². The predicted octanol–water partition coefficient (Wildman–Crippen LogP) is 3.08. The lowest BCUT2D eigenvalue weighted by molar-refractivity contribution is 0.0688. The molecule has 0 spiro atoms. The molecule has 2 aromatic rings. The first-order valence-electron chi connectivity index (χ1n) is 6.72. The van der Waals surface area contributed by atoms with Gasteiger partial charge in [-0.25, -0.2) is 0 Å². The van der Waals surface area contributed by atoms with Gasteiger partial charge in [0.2, 0.25) is 0 Å². The average molecular weight is 305 g/mol. The van der Waals surface area contributed by atoms with Crippen LogP contribution in [0.2, 0.25) is 5.02 Å². The Morgan fingerprint density at radius 2 is 1.95 bits per heavy atom. The zero-order valence-corrected chi connectivity index (χ0v) is 12.7. The Morgan fingerprint density at radius 1 is 1.24 bits per heavy atom. The molecule has 0 fully saturated rings. The first-order chi connectivity index (χ1) is 10.0. The van der Waals surface area contributed by atoms with E-state index in [0.29, 0.717) is 11.6 Å². The molecule has 4 nitrogen and oxygen atoms in total. The molecule has 1 aromatic heterocycles. The normalized spacial score (nSPS) is 10.7. The molecule has 5 heteroatoms. The summed E-state index contributed by atoms with van der Waals surface area (Å²) in [7, 11) is 0. The number of carbonyl (C=O) groups is 1. The maximum Gasteiger partial charge on any atom is 0.260 e. The maximum atomic E-state index is 12.6. The Hall–Kier alpha value is -2.07. The van der Waals surface area contributed by atoms with Crippen LogP contribution in [-0.2, 0) is 6.54 Å². The summed E-state index contributed by atoms with van der Waals surface area (Å²) in [5.74, 6) is -0.299. The molecule has 110 valence electrons. The molecule has 0 atom stereocenters. The van der Waals surface area contributed by atoms with Crippen LogP contribution in [-0.4, -0.2) is 21.8 Å². The van der Waals surface area contributed by atoms with E-state index >= 15 is 0 Å². The Morgan fingerprint density at radius 3 is 2.57 bits per heavy atom. The number of hydrogen-bond acceptors (Lipinski definition) is 2. The van der Waals surface area contributed by atoms with Gasteiger partial charge in [0.1, 0.15) is 5.56 Å². The van der Waals surface area contributed by atoms with Crippen LogP contribution < -0.4 is 5.56 Å². The highest BCUT2D eigenvalue weighted by atomic mass is 35.5. The Labute approximate surface area is 128 Å². The third kappa shape index (κ3) is 3.52. The number of carbonyl (C=O) groups excluding carboxylic acids is 1. The summed E-state index contributed by atoms with van der Waals surface area (Å²) in [6.07, 6.45) is 1.51. The smallest absolute Gasteiger partial charge is 0.260 e. The molecule has 0 saturated carbocycles. The molecule has 1 aromatic carbocycles. The van der Waals surface area contributed by atoms with Crippen LogP contribution in [0.15, 0.2) is 47.4 Å². The molecule has 1 N–H and O–H groups in total. The standard InChI is InChI=1S/C16H17ClN2O2/c1-11(2)19(10-12-6-3-4-8-14(12)17)16(21)13-7-5-9-18-15(13)20/h3-9,11H,10H2,1-2H3,(H,18,20). The summed E-state index contributed by atoms with van der Waals surface area (Å²) in [6.45, 7) is 4.18. The number of amides is 1. The summed E-state index contributed by atoms with van der Waals surface area (Å²) in [5.41, 5.74) is 0.610. The predicted molar refractivity (Wildman–Crippen MR) is 83.5 cm³/mol.